The smallest absolute Gasteiger partial charge is 0.343 e. The molecule has 7 nitrogen and oxygen atoms in total. The van der Waals surface area contributed by atoms with Crippen molar-refractivity contribution >= 4 is 22.0 Å². The van der Waals surface area contributed by atoms with Crippen molar-refractivity contribution in [2.75, 3.05) is 0 Å². The third-order valence-corrected chi connectivity index (χ3v) is 11.4. The maximum atomic E-state index is 13.1. The minimum atomic E-state index is -3.83. The molecule has 0 aromatic heterocycles. The predicted molar refractivity (Wildman–Crippen MR) is 159 cm³/mol. The summed E-state index contributed by atoms with van der Waals surface area (Å²) in [6.45, 7) is 4.59. The van der Waals surface area contributed by atoms with Gasteiger partial charge in [-0.15, -0.1) is 0 Å². The van der Waals surface area contributed by atoms with Crippen LogP contribution >= 0.6 is 0 Å². The van der Waals surface area contributed by atoms with Gasteiger partial charge in [0.25, 0.3) is 0 Å². The van der Waals surface area contributed by atoms with Crippen molar-refractivity contribution in [1.82, 2.24) is 0 Å². The molecule has 0 radical (unpaired) electrons. The van der Waals surface area contributed by atoms with Crippen LogP contribution in [-0.4, -0.2) is 26.5 Å². The van der Waals surface area contributed by atoms with E-state index in [1.807, 2.05) is 30.3 Å². The van der Waals surface area contributed by atoms with E-state index in [4.69, 9.17) is 14.6 Å². The number of benzene rings is 3. The van der Waals surface area contributed by atoms with Crippen molar-refractivity contribution in [1.29, 1.82) is 0 Å². The van der Waals surface area contributed by atoms with Crippen LogP contribution in [-0.2, 0) is 21.2 Å². The summed E-state index contributed by atoms with van der Waals surface area (Å²) in [4.78, 5) is 25.7. The maximum Gasteiger partial charge on any atom is 0.343 e. The number of hydrogen-bond acceptors (Lipinski definition) is 6. The van der Waals surface area contributed by atoms with Gasteiger partial charge in [0, 0.05) is 5.41 Å². The van der Waals surface area contributed by atoms with E-state index in [0.29, 0.717) is 28.7 Å². The molecule has 0 aliphatic heterocycles. The topological polar surface area (TPSA) is 113 Å². The Balaban J connectivity index is 1.20. The second-order valence-corrected chi connectivity index (χ2v) is 14.0. The quantitative estimate of drug-likeness (QED) is 0.263. The van der Waals surface area contributed by atoms with Crippen LogP contribution in [0, 0.1) is 16.7 Å². The van der Waals surface area contributed by atoms with Crippen molar-refractivity contribution in [2.24, 2.45) is 21.9 Å². The number of sulfonamides is 1. The highest BCUT2D eigenvalue weighted by Gasteiger charge is 2.62. The van der Waals surface area contributed by atoms with E-state index in [-0.39, 0.29) is 27.8 Å². The minimum Gasteiger partial charge on any atom is -0.458 e. The standard InChI is InChI=1S/C34H37NO6S/c1-3-34-20-17-24-21-25(40-31(36)22-7-5-4-6-8-22)11-14-27(24)28(34)18-19-33(2)29(34)15-16-30(33)41-32(37)23-9-12-26(13-10-23)42(35,38)39/h4-14,21,28-30H,3,15-20H2,1-2H3,(H2,35,38,39)/t28-,29-,30+,33+,34-/m1/s1. The number of fused-ring (bicyclic) bond motifs is 5. The Morgan fingerprint density at radius 1 is 0.905 bits per heavy atom. The number of rotatable bonds is 6. The maximum absolute atomic E-state index is 13.1. The molecular formula is C34H37NO6S. The predicted octanol–water partition coefficient (Wildman–Crippen LogP) is 6.42. The zero-order valence-corrected chi connectivity index (χ0v) is 24.9. The molecule has 42 heavy (non-hydrogen) atoms. The lowest BCUT2D eigenvalue weighted by Gasteiger charge is -2.58. The number of hydrogen-bond donors (Lipinski definition) is 1. The average molecular weight is 588 g/mol. The monoisotopic (exact) mass is 587 g/mol. The van der Waals surface area contributed by atoms with Crippen LogP contribution < -0.4 is 9.88 Å². The molecule has 0 heterocycles. The second kappa shape index (κ2) is 10.7. The van der Waals surface area contributed by atoms with E-state index in [1.165, 1.54) is 35.4 Å². The zero-order valence-electron chi connectivity index (χ0n) is 24.0. The third kappa shape index (κ3) is 4.84. The molecule has 5 atom stereocenters. The molecule has 3 aliphatic rings. The lowest BCUT2D eigenvalue weighted by molar-refractivity contribution is -0.0842. The summed E-state index contributed by atoms with van der Waals surface area (Å²) in [7, 11) is -3.83. The van der Waals surface area contributed by atoms with Crippen LogP contribution in [0.4, 0.5) is 0 Å². The summed E-state index contributed by atoms with van der Waals surface area (Å²) < 4.78 is 35.1. The highest BCUT2D eigenvalue weighted by Crippen LogP contribution is 2.68. The summed E-state index contributed by atoms with van der Waals surface area (Å²) in [5.41, 5.74) is 3.45. The molecule has 2 N–H and O–H groups in total. The fraction of sp³-hybridized carbons (Fsp3) is 0.412. The van der Waals surface area contributed by atoms with Crippen LogP contribution in [0.15, 0.2) is 77.7 Å². The normalized spacial score (nSPS) is 28.2. The minimum absolute atomic E-state index is 0.0331. The molecule has 3 aliphatic carbocycles. The molecule has 8 heteroatoms. The molecule has 0 amide bonds. The van der Waals surface area contributed by atoms with Crippen LogP contribution in [0.3, 0.4) is 0 Å². The number of esters is 2. The van der Waals surface area contributed by atoms with Gasteiger partial charge in [-0.2, -0.15) is 0 Å². The van der Waals surface area contributed by atoms with E-state index in [0.717, 1.165) is 44.9 Å². The van der Waals surface area contributed by atoms with E-state index in [1.54, 1.807) is 12.1 Å². The Morgan fingerprint density at radius 2 is 1.62 bits per heavy atom. The molecule has 0 spiro atoms. The first-order chi connectivity index (χ1) is 20.0. The number of carbonyl (C=O) groups is 2. The lowest BCUT2D eigenvalue weighted by Crippen LogP contribution is -2.52. The summed E-state index contributed by atoms with van der Waals surface area (Å²) in [5, 5.41) is 5.20. The van der Waals surface area contributed by atoms with E-state index in [2.05, 4.69) is 19.9 Å². The molecule has 220 valence electrons. The van der Waals surface area contributed by atoms with Gasteiger partial charge >= 0.3 is 11.9 Å². The van der Waals surface area contributed by atoms with Gasteiger partial charge in [-0.05, 0) is 122 Å². The molecule has 0 saturated heterocycles. The van der Waals surface area contributed by atoms with Crippen molar-refractivity contribution < 1.29 is 27.5 Å². The van der Waals surface area contributed by atoms with Crippen LogP contribution in [0.25, 0.3) is 0 Å². The molecule has 2 saturated carbocycles. The first kappa shape index (κ1) is 28.6. The van der Waals surface area contributed by atoms with E-state index >= 15 is 0 Å². The Kier molecular flexibility index (Phi) is 7.26. The summed E-state index contributed by atoms with van der Waals surface area (Å²) in [6.07, 6.45) is 6.61. The molecule has 0 unspecified atom stereocenters. The van der Waals surface area contributed by atoms with Crippen molar-refractivity contribution in [3.8, 4) is 5.75 Å². The zero-order chi connectivity index (χ0) is 29.7. The first-order valence-electron chi connectivity index (χ1n) is 14.8. The first-order valence-corrected chi connectivity index (χ1v) is 16.3. The van der Waals surface area contributed by atoms with Crippen LogP contribution in [0.2, 0.25) is 0 Å². The fourth-order valence-electron chi connectivity index (χ4n) is 8.43. The summed E-state index contributed by atoms with van der Waals surface area (Å²) in [6, 6.07) is 20.8. The molecule has 6 rings (SSSR count). The largest absolute Gasteiger partial charge is 0.458 e. The number of nitrogens with two attached hydrogens (primary N) is 1. The van der Waals surface area contributed by atoms with Crippen molar-refractivity contribution in [3.63, 3.8) is 0 Å². The van der Waals surface area contributed by atoms with Crippen LogP contribution in [0.5, 0.6) is 5.75 Å². The Morgan fingerprint density at radius 3 is 2.31 bits per heavy atom. The summed E-state index contributed by atoms with van der Waals surface area (Å²) >= 11 is 0. The second-order valence-electron chi connectivity index (χ2n) is 12.4. The number of aryl methyl sites for hydroxylation is 1. The number of carbonyl (C=O) groups excluding carboxylic acids is 2. The molecular weight excluding hydrogens is 550 g/mol. The lowest BCUT2D eigenvalue weighted by atomic mass is 9.46. The Hall–Kier alpha value is -3.49. The Labute approximate surface area is 247 Å². The van der Waals surface area contributed by atoms with Gasteiger partial charge in [0.1, 0.15) is 11.9 Å². The molecule has 0 bridgehead atoms. The SMILES string of the molecule is CC[C@@]12CCc3cc(OC(=O)c4ccccc4)ccc3[C@H]1CC[C@]1(C)[C@@H](OC(=O)c3ccc(S(N)(=O)=O)cc3)CC[C@H]12. The highest BCUT2D eigenvalue weighted by atomic mass is 32.2. The summed E-state index contributed by atoms with van der Waals surface area (Å²) in [5.74, 6) is 0.623. The van der Waals surface area contributed by atoms with Gasteiger partial charge < -0.3 is 9.47 Å². The van der Waals surface area contributed by atoms with Gasteiger partial charge in [0.05, 0.1) is 16.0 Å². The number of ether oxygens (including phenoxy) is 2. The van der Waals surface area contributed by atoms with Crippen molar-refractivity contribution in [2.45, 2.75) is 75.7 Å². The fourth-order valence-corrected chi connectivity index (χ4v) is 8.95. The van der Waals surface area contributed by atoms with Gasteiger partial charge in [0.15, 0.2) is 0 Å². The van der Waals surface area contributed by atoms with Crippen LogP contribution in [0.1, 0.15) is 90.1 Å². The average Bonchev–Trinajstić information content (AvgIpc) is 3.33. The third-order valence-electron chi connectivity index (χ3n) is 10.5. The van der Waals surface area contributed by atoms with Crippen molar-refractivity contribution in [3.05, 3.63) is 95.1 Å². The molecule has 2 fully saturated rings. The van der Waals surface area contributed by atoms with Gasteiger partial charge in [0.2, 0.25) is 10.0 Å². The van der Waals surface area contributed by atoms with Gasteiger partial charge in [-0.3, -0.25) is 0 Å². The number of primary sulfonamides is 1. The molecule has 3 aromatic carbocycles. The van der Waals surface area contributed by atoms with Gasteiger partial charge in [-0.1, -0.05) is 38.1 Å². The van der Waals surface area contributed by atoms with E-state index < -0.39 is 16.0 Å². The Bertz CT molecular complexity index is 1620. The van der Waals surface area contributed by atoms with E-state index in [9.17, 15) is 18.0 Å². The molecule has 3 aromatic rings. The van der Waals surface area contributed by atoms with Gasteiger partial charge in [-0.25, -0.2) is 23.1 Å². The highest BCUT2D eigenvalue weighted by molar-refractivity contribution is 7.89.